The van der Waals surface area contributed by atoms with Crippen LogP contribution in [0.3, 0.4) is 0 Å². The summed E-state index contributed by atoms with van der Waals surface area (Å²) < 4.78 is 5.61. The maximum atomic E-state index is 12.4. The molecule has 1 unspecified atom stereocenters. The molecule has 0 spiro atoms. The molecule has 0 radical (unpaired) electrons. The Labute approximate surface area is 179 Å². The molecule has 2 N–H and O–H groups in total. The summed E-state index contributed by atoms with van der Waals surface area (Å²) in [4.78, 5) is 29.8. The SMILES string of the molecule is Cc1ccc(CCC(=O)Nc2nc(-c3ccc4c(c3)NC(=O)C(C)O4)c(C)s2)cc1. The second kappa shape index (κ2) is 8.28. The largest absolute Gasteiger partial charge is 0.479 e. The fourth-order valence-electron chi connectivity index (χ4n) is 3.27. The van der Waals surface area contributed by atoms with Gasteiger partial charge in [0.15, 0.2) is 11.2 Å². The lowest BCUT2D eigenvalue weighted by atomic mass is 10.1. The van der Waals surface area contributed by atoms with Gasteiger partial charge in [0.05, 0.1) is 11.4 Å². The Morgan fingerprint density at radius 2 is 1.97 bits per heavy atom. The first kappa shape index (κ1) is 20.1. The number of fused-ring (bicyclic) bond motifs is 1. The summed E-state index contributed by atoms with van der Waals surface area (Å²) in [7, 11) is 0. The lowest BCUT2D eigenvalue weighted by Crippen LogP contribution is -2.34. The Morgan fingerprint density at radius 1 is 1.20 bits per heavy atom. The number of amides is 2. The number of hydrogen-bond donors (Lipinski definition) is 2. The summed E-state index contributed by atoms with van der Waals surface area (Å²) in [6.07, 6.45) is 0.579. The molecule has 0 fully saturated rings. The van der Waals surface area contributed by atoms with Crippen LogP contribution in [0.25, 0.3) is 11.3 Å². The van der Waals surface area contributed by atoms with Crippen molar-refractivity contribution in [3.05, 3.63) is 58.5 Å². The first-order valence-corrected chi connectivity index (χ1v) is 10.7. The van der Waals surface area contributed by atoms with Gasteiger partial charge in [0, 0.05) is 16.9 Å². The number of rotatable bonds is 5. The van der Waals surface area contributed by atoms with E-state index in [-0.39, 0.29) is 11.8 Å². The van der Waals surface area contributed by atoms with Crippen LogP contribution in [-0.4, -0.2) is 22.9 Å². The number of aromatic nitrogens is 1. The maximum absolute atomic E-state index is 12.4. The van der Waals surface area contributed by atoms with Crippen molar-refractivity contribution in [1.82, 2.24) is 4.98 Å². The third-order valence-electron chi connectivity index (χ3n) is 4.99. The minimum absolute atomic E-state index is 0.0593. The fraction of sp³-hybridized carbons (Fsp3) is 0.261. The molecule has 154 valence electrons. The van der Waals surface area contributed by atoms with Gasteiger partial charge >= 0.3 is 0 Å². The zero-order valence-corrected chi connectivity index (χ0v) is 17.9. The summed E-state index contributed by atoms with van der Waals surface area (Å²) in [5, 5.41) is 6.33. The summed E-state index contributed by atoms with van der Waals surface area (Å²) in [6, 6.07) is 13.8. The number of carbonyl (C=O) groups is 2. The van der Waals surface area contributed by atoms with Gasteiger partial charge < -0.3 is 15.4 Å². The number of nitrogens with zero attached hydrogens (tertiary/aromatic N) is 1. The zero-order chi connectivity index (χ0) is 21.3. The smallest absolute Gasteiger partial charge is 0.265 e. The molecule has 6 nitrogen and oxygen atoms in total. The Hall–Kier alpha value is -3.19. The fourth-order valence-corrected chi connectivity index (χ4v) is 4.12. The molecular formula is C23H23N3O3S. The average molecular weight is 422 g/mol. The number of thiazole rings is 1. The summed E-state index contributed by atoms with van der Waals surface area (Å²) in [5.41, 5.74) is 4.62. The highest BCUT2D eigenvalue weighted by Gasteiger charge is 2.24. The average Bonchev–Trinajstić information content (AvgIpc) is 3.08. The maximum Gasteiger partial charge on any atom is 0.265 e. The van der Waals surface area contributed by atoms with Gasteiger partial charge in [-0.05, 0) is 51.0 Å². The van der Waals surface area contributed by atoms with Crippen LogP contribution >= 0.6 is 11.3 Å². The van der Waals surface area contributed by atoms with Crippen LogP contribution < -0.4 is 15.4 Å². The third kappa shape index (κ3) is 4.36. The first-order chi connectivity index (χ1) is 14.4. The molecule has 2 heterocycles. The van der Waals surface area contributed by atoms with Crippen molar-refractivity contribution in [3.63, 3.8) is 0 Å². The third-order valence-corrected chi connectivity index (χ3v) is 5.87. The molecule has 0 aliphatic carbocycles. The van der Waals surface area contributed by atoms with Crippen LogP contribution in [0.2, 0.25) is 0 Å². The number of nitrogens with one attached hydrogen (secondary N) is 2. The number of aryl methyl sites for hydroxylation is 3. The highest BCUT2D eigenvalue weighted by atomic mass is 32.1. The van der Waals surface area contributed by atoms with Crippen LogP contribution in [0.1, 0.15) is 29.3 Å². The van der Waals surface area contributed by atoms with E-state index in [0.717, 1.165) is 21.7 Å². The van der Waals surface area contributed by atoms with E-state index in [1.807, 2.05) is 44.2 Å². The zero-order valence-electron chi connectivity index (χ0n) is 17.1. The summed E-state index contributed by atoms with van der Waals surface area (Å²) in [6.45, 7) is 5.72. The normalized spacial score (nSPS) is 15.2. The minimum Gasteiger partial charge on any atom is -0.479 e. The minimum atomic E-state index is -0.508. The van der Waals surface area contributed by atoms with Crippen LogP contribution in [0.15, 0.2) is 42.5 Å². The predicted molar refractivity (Wildman–Crippen MR) is 119 cm³/mol. The Bertz CT molecular complexity index is 1110. The van der Waals surface area contributed by atoms with E-state index >= 15 is 0 Å². The Morgan fingerprint density at radius 3 is 2.73 bits per heavy atom. The quantitative estimate of drug-likeness (QED) is 0.625. The van der Waals surface area contributed by atoms with E-state index in [1.54, 1.807) is 6.92 Å². The molecule has 1 atom stereocenters. The second-order valence-electron chi connectivity index (χ2n) is 7.42. The Balaban J connectivity index is 1.44. The molecule has 0 saturated carbocycles. The van der Waals surface area contributed by atoms with Gasteiger partial charge in [-0.15, -0.1) is 11.3 Å². The topological polar surface area (TPSA) is 80.3 Å². The van der Waals surface area contributed by atoms with Gasteiger partial charge in [-0.25, -0.2) is 4.98 Å². The van der Waals surface area contributed by atoms with E-state index in [1.165, 1.54) is 16.9 Å². The summed E-state index contributed by atoms with van der Waals surface area (Å²) >= 11 is 1.44. The summed E-state index contributed by atoms with van der Waals surface area (Å²) in [5.74, 6) is 0.413. The Kier molecular flexibility index (Phi) is 5.55. The molecule has 2 aromatic carbocycles. The predicted octanol–water partition coefficient (Wildman–Crippen LogP) is 4.72. The first-order valence-electron chi connectivity index (χ1n) is 9.84. The van der Waals surface area contributed by atoms with E-state index in [0.29, 0.717) is 29.4 Å². The molecule has 3 aromatic rings. The number of carbonyl (C=O) groups excluding carboxylic acids is 2. The van der Waals surface area contributed by atoms with Crippen LogP contribution in [0.4, 0.5) is 10.8 Å². The molecule has 4 rings (SSSR count). The molecule has 7 heteroatoms. The van der Waals surface area contributed by atoms with E-state index in [4.69, 9.17) is 4.74 Å². The van der Waals surface area contributed by atoms with Crippen molar-refractivity contribution in [2.45, 2.75) is 39.7 Å². The lowest BCUT2D eigenvalue weighted by Gasteiger charge is -2.23. The van der Waals surface area contributed by atoms with Gasteiger partial charge in [0.1, 0.15) is 5.75 Å². The van der Waals surface area contributed by atoms with Gasteiger partial charge in [-0.3, -0.25) is 9.59 Å². The van der Waals surface area contributed by atoms with Crippen molar-refractivity contribution in [2.24, 2.45) is 0 Å². The van der Waals surface area contributed by atoms with Crippen molar-refractivity contribution < 1.29 is 14.3 Å². The second-order valence-corrected chi connectivity index (χ2v) is 8.62. The van der Waals surface area contributed by atoms with Crippen molar-refractivity contribution in [3.8, 4) is 17.0 Å². The van der Waals surface area contributed by atoms with E-state index in [9.17, 15) is 9.59 Å². The van der Waals surface area contributed by atoms with Crippen molar-refractivity contribution in [2.75, 3.05) is 10.6 Å². The van der Waals surface area contributed by atoms with Crippen molar-refractivity contribution in [1.29, 1.82) is 0 Å². The molecule has 1 aliphatic rings. The van der Waals surface area contributed by atoms with E-state index in [2.05, 4.69) is 27.8 Å². The van der Waals surface area contributed by atoms with Gasteiger partial charge in [0.25, 0.3) is 5.91 Å². The van der Waals surface area contributed by atoms with Gasteiger partial charge in [0.2, 0.25) is 5.91 Å². The van der Waals surface area contributed by atoms with Crippen molar-refractivity contribution >= 4 is 34.0 Å². The highest BCUT2D eigenvalue weighted by Crippen LogP contribution is 2.36. The monoisotopic (exact) mass is 421 g/mol. The highest BCUT2D eigenvalue weighted by molar-refractivity contribution is 7.16. The number of ether oxygens (including phenoxy) is 1. The number of benzene rings is 2. The van der Waals surface area contributed by atoms with Gasteiger partial charge in [-0.1, -0.05) is 29.8 Å². The van der Waals surface area contributed by atoms with Crippen LogP contribution in [0.5, 0.6) is 5.75 Å². The molecule has 0 bridgehead atoms. The molecule has 0 saturated heterocycles. The number of hydrogen-bond acceptors (Lipinski definition) is 5. The standard InChI is InChI=1S/C23H23N3O3S/c1-13-4-6-16(7-5-13)8-11-20(27)25-23-26-21(15(3)30-23)17-9-10-19-18(12-17)24-22(28)14(2)29-19/h4-7,9-10,12,14H,8,11H2,1-3H3,(H,24,28)(H,25,26,27). The molecule has 30 heavy (non-hydrogen) atoms. The van der Waals surface area contributed by atoms with Crippen LogP contribution in [0, 0.1) is 13.8 Å². The molecule has 1 aliphatic heterocycles. The number of anilines is 2. The molecule has 2 amide bonds. The molecular weight excluding hydrogens is 398 g/mol. The molecule has 1 aromatic heterocycles. The van der Waals surface area contributed by atoms with Crippen LogP contribution in [-0.2, 0) is 16.0 Å². The van der Waals surface area contributed by atoms with E-state index < -0.39 is 6.10 Å². The van der Waals surface area contributed by atoms with Gasteiger partial charge in [-0.2, -0.15) is 0 Å². The lowest BCUT2D eigenvalue weighted by molar-refractivity contribution is -0.122.